The predicted octanol–water partition coefficient (Wildman–Crippen LogP) is 2.10. The monoisotopic (exact) mass is 241 g/mol. The van der Waals surface area contributed by atoms with Gasteiger partial charge >= 0.3 is 0 Å². The second-order valence-electron chi connectivity index (χ2n) is 4.29. The largest absolute Gasteiger partial charge is 0.373 e. The minimum Gasteiger partial charge on any atom is -0.373 e. The van der Waals surface area contributed by atoms with E-state index in [4.69, 9.17) is 9.26 Å². The second-order valence-corrected chi connectivity index (χ2v) is 4.29. The molecule has 5 heteroatoms. The summed E-state index contributed by atoms with van der Waals surface area (Å²) in [5.74, 6) is 1.36. The van der Waals surface area contributed by atoms with Crippen molar-refractivity contribution >= 4 is 0 Å². The Morgan fingerprint density at radius 1 is 1.41 bits per heavy atom. The number of aryl methyl sites for hydroxylation is 1. The molecule has 0 aliphatic rings. The van der Waals surface area contributed by atoms with Gasteiger partial charge in [-0.25, -0.2) is 0 Å². The summed E-state index contributed by atoms with van der Waals surface area (Å²) >= 11 is 0. The topological polar surface area (TPSA) is 60.2 Å². The Kier molecular flexibility index (Phi) is 6.15. The fourth-order valence-electron chi connectivity index (χ4n) is 1.60. The van der Waals surface area contributed by atoms with Crippen LogP contribution in [0.2, 0.25) is 0 Å². The van der Waals surface area contributed by atoms with Gasteiger partial charge in [-0.3, -0.25) is 0 Å². The number of hydrogen-bond donors (Lipinski definition) is 1. The second kappa shape index (κ2) is 7.40. The highest BCUT2D eigenvalue weighted by Gasteiger charge is 2.17. The molecule has 0 bridgehead atoms. The minimum absolute atomic E-state index is 0.0424. The van der Waals surface area contributed by atoms with E-state index in [2.05, 4.69) is 29.3 Å². The van der Waals surface area contributed by atoms with Crippen molar-refractivity contribution in [2.24, 2.45) is 0 Å². The zero-order valence-electron chi connectivity index (χ0n) is 11.2. The first-order chi connectivity index (χ1) is 8.21. The molecule has 0 saturated carbocycles. The van der Waals surface area contributed by atoms with E-state index in [9.17, 15) is 0 Å². The molecule has 0 aliphatic heterocycles. The van der Waals surface area contributed by atoms with E-state index in [0.29, 0.717) is 17.8 Å². The molecule has 0 amide bonds. The number of aromatic nitrogens is 2. The van der Waals surface area contributed by atoms with Crippen LogP contribution in [0.3, 0.4) is 0 Å². The molecule has 1 heterocycles. The van der Waals surface area contributed by atoms with Crippen LogP contribution in [0.4, 0.5) is 0 Å². The predicted molar refractivity (Wildman–Crippen MR) is 65.8 cm³/mol. The van der Waals surface area contributed by atoms with Crippen LogP contribution in [0.25, 0.3) is 0 Å². The van der Waals surface area contributed by atoms with Gasteiger partial charge in [-0.2, -0.15) is 4.98 Å². The van der Waals surface area contributed by atoms with E-state index in [1.54, 1.807) is 7.11 Å². The van der Waals surface area contributed by atoms with Crippen molar-refractivity contribution in [3.63, 3.8) is 0 Å². The fraction of sp³-hybridized carbons (Fsp3) is 0.833. The number of nitrogens with zero attached hydrogens (tertiary/aromatic N) is 2. The molecule has 0 aliphatic carbocycles. The summed E-state index contributed by atoms with van der Waals surface area (Å²) in [7, 11) is 3.63. The molecule has 1 aromatic heterocycles. The Morgan fingerprint density at radius 3 is 2.76 bits per heavy atom. The third kappa shape index (κ3) is 4.44. The van der Waals surface area contributed by atoms with Crippen LogP contribution < -0.4 is 5.32 Å². The Morgan fingerprint density at radius 2 is 2.18 bits per heavy atom. The van der Waals surface area contributed by atoms with Gasteiger partial charge in [0, 0.05) is 19.6 Å². The van der Waals surface area contributed by atoms with Gasteiger partial charge in [-0.05, 0) is 26.8 Å². The zero-order valence-corrected chi connectivity index (χ0v) is 11.2. The summed E-state index contributed by atoms with van der Waals surface area (Å²) in [5.41, 5.74) is 0. The van der Waals surface area contributed by atoms with Crippen LogP contribution in [0.1, 0.15) is 50.9 Å². The van der Waals surface area contributed by atoms with Gasteiger partial charge in [0.25, 0.3) is 0 Å². The van der Waals surface area contributed by atoms with Crippen molar-refractivity contribution in [1.29, 1.82) is 0 Å². The molecule has 0 fully saturated rings. The van der Waals surface area contributed by atoms with E-state index >= 15 is 0 Å². The molecule has 0 saturated heterocycles. The Hall–Kier alpha value is -0.940. The van der Waals surface area contributed by atoms with Crippen LogP contribution in [0, 0.1) is 0 Å². The van der Waals surface area contributed by atoms with E-state index in [-0.39, 0.29) is 6.10 Å². The lowest BCUT2D eigenvalue weighted by atomic mass is 10.2. The highest BCUT2D eigenvalue weighted by molar-refractivity contribution is 4.91. The molecule has 17 heavy (non-hydrogen) atoms. The molecule has 2 atom stereocenters. The van der Waals surface area contributed by atoms with Gasteiger partial charge in [0.1, 0.15) is 6.10 Å². The average Bonchev–Trinajstić information content (AvgIpc) is 2.81. The molecule has 0 radical (unpaired) electrons. The molecular formula is C12H23N3O2. The highest BCUT2D eigenvalue weighted by Crippen LogP contribution is 2.19. The summed E-state index contributed by atoms with van der Waals surface area (Å²) < 4.78 is 10.6. The van der Waals surface area contributed by atoms with Crippen molar-refractivity contribution in [3.8, 4) is 0 Å². The number of nitrogens with one attached hydrogen (secondary N) is 1. The number of hydrogen-bond acceptors (Lipinski definition) is 5. The lowest BCUT2D eigenvalue weighted by Crippen LogP contribution is -2.21. The Bertz CT molecular complexity index is 314. The lowest BCUT2D eigenvalue weighted by Gasteiger charge is -2.08. The zero-order chi connectivity index (χ0) is 12.7. The standard InChI is InChI=1S/C12H23N3O2/c1-5-6-10(16-4)12-14-11(17-15-12)8-7-9(2)13-3/h9-10,13H,5-8H2,1-4H3. The molecule has 5 nitrogen and oxygen atoms in total. The first kappa shape index (κ1) is 14.1. The third-order valence-corrected chi connectivity index (χ3v) is 2.89. The molecule has 1 N–H and O–H groups in total. The Labute approximate surface area is 103 Å². The van der Waals surface area contributed by atoms with Gasteiger partial charge in [-0.15, -0.1) is 0 Å². The maximum Gasteiger partial charge on any atom is 0.226 e. The molecule has 0 aromatic carbocycles. The highest BCUT2D eigenvalue weighted by atomic mass is 16.5. The van der Waals surface area contributed by atoms with Crippen molar-refractivity contribution in [1.82, 2.24) is 15.5 Å². The summed E-state index contributed by atoms with van der Waals surface area (Å²) in [6.45, 7) is 4.24. The summed E-state index contributed by atoms with van der Waals surface area (Å²) in [6.07, 6.45) is 3.71. The fourth-order valence-corrected chi connectivity index (χ4v) is 1.60. The van der Waals surface area contributed by atoms with Gasteiger partial charge in [-0.1, -0.05) is 18.5 Å². The molecule has 0 spiro atoms. The van der Waals surface area contributed by atoms with E-state index in [1.807, 2.05) is 7.05 Å². The summed E-state index contributed by atoms with van der Waals surface area (Å²) in [6, 6.07) is 0.458. The quantitative estimate of drug-likeness (QED) is 0.755. The molecule has 2 unspecified atom stereocenters. The van der Waals surface area contributed by atoms with Crippen LogP contribution in [-0.4, -0.2) is 30.3 Å². The van der Waals surface area contributed by atoms with E-state index < -0.39 is 0 Å². The lowest BCUT2D eigenvalue weighted by molar-refractivity contribution is 0.0854. The SMILES string of the molecule is CCCC(OC)c1noc(CCC(C)NC)n1. The molecular weight excluding hydrogens is 218 g/mol. The van der Waals surface area contributed by atoms with Crippen LogP contribution in [0.5, 0.6) is 0 Å². The summed E-state index contributed by atoms with van der Waals surface area (Å²) in [4.78, 5) is 4.38. The number of ether oxygens (including phenoxy) is 1. The van der Waals surface area contributed by atoms with E-state index in [0.717, 1.165) is 25.7 Å². The van der Waals surface area contributed by atoms with Crippen molar-refractivity contribution in [3.05, 3.63) is 11.7 Å². The molecule has 98 valence electrons. The van der Waals surface area contributed by atoms with Gasteiger partial charge < -0.3 is 14.6 Å². The van der Waals surface area contributed by atoms with Crippen molar-refractivity contribution in [2.75, 3.05) is 14.2 Å². The average molecular weight is 241 g/mol. The number of methoxy groups -OCH3 is 1. The van der Waals surface area contributed by atoms with Crippen LogP contribution >= 0.6 is 0 Å². The molecule has 1 rings (SSSR count). The first-order valence-electron chi connectivity index (χ1n) is 6.23. The number of rotatable bonds is 8. The summed E-state index contributed by atoms with van der Waals surface area (Å²) in [5, 5.41) is 7.16. The van der Waals surface area contributed by atoms with Gasteiger partial charge in [0.2, 0.25) is 11.7 Å². The normalized spacial score (nSPS) is 14.8. The Balaban J connectivity index is 2.51. The van der Waals surface area contributed by atoms with Gasteiger partial charge in [0.05, 0.1) is 0 Å². The minimum atomic E-state index is -0.0424. The van der Waals surface area contributed by atoms with Crippen molar-refractivity contribution in [2.45, 2.75) is 51.7 Å². The van der Waals surface area contributed by atoms with Crippen molar-refractivity contribution < 1.29 is 9.26 Å². The van der Waals surface area contributed by atoms with Crippen LogP contribution in [-0.2, 0) is 11.2 Å². The third-order valence-electron chi connectivity index (χ3n) is 2.89. The van der Waals surface area contributed by atoms with Gasteiger partial charge in [0.15, 0.2) is 0 Å². The smallest absolute Gasteiger partial charge is 0.226 e. The first-order valence-corrected chi connectivity index (χ1v) is 6.23. The van der Waals surface area contributed by atoms with E-state index in [1.165, 1.54) is 0 Å². The van der Waals surface area contributed by atoms with Crippen LogP contribution in [0.15, 0.2) is 4.52 Å². The maximum absolute atomic E-state index is 5.34. The maximum atomic E-state index is 5.34. The molecule has 1 aromatic rings.